The van der Waals surface area contributed by atoms with Crippen LogP contribution in [0, 0.1) is 5.92 Å². The van der Waals surface area contributed by atoms with Crippen LogP contribution in [0.15, 0.2) is 12.3 Å². The smallest absolute Gasteiger partial charge is 0.0303 e. The molecule has 0 aromatic heterocycles. The van der Waals surface area contributed by atoms with Gasteiger partial charge in [0.05, 0.1) is 0 Å². The molecule has 2 aliphatic rings. The molecule has 0 aromatic rings. The third-order valence-electron chi connectivity index (χ3n) is 4.68. The second-order valence-electron chi connectivity index (χ2n) is 6.01. The summed E-state index contributed by atoms with van der Waals surface area (Å²) >= 11 is 0. The first-order chi connectivity index (χ1) is 8.81. The van der Waals surface area contributed by atoms with Crippen molar-refractivity contribution < 1.29 is 0 Å². The van der Waals surface area contributed by atoms with E-state index in [4.69, 9.17) is 0 Å². The predicted molar refractivity (Wildman–Crippen MR) is 85.4 cm³/mol. The Morgan fingerprint density at radius 3 is 2.26 bits per heavy atom. The molecule has 2 fully saturated rings. The Hall–Kier alpha value is -0.500. The van der Waals surface area contributed by atoms with Gasteiger partial charge in [-0.3, -0.25) is 4.90 Å². The van der Waals surface area contributed by atoms with E-state index in [9.17, 15) is 0 Å². The van der Waals surface area contributed by atoms with Crippen LogP contribution in [0.1, 0.15) is 59.3 Å². The van der Waals surface area contributed by atoms with Crippen LogP contribution in [0.2, 0.25) is 0 Å². The molecule has 1 saturated carbocycles. The molecule has 1 heterocycles. The van der Waals surface area contributed by atoms with Gasteiger partial charge in [-0.05, 0) is 31.7 Å². The Bertz CT molecular complexity index is 248. The minimum Gasteiger partial charge on any atom is -0.373 e. The molecular weight excluding hydrogens is 232 g/mol. The second kappa shape index (κ2) is 8.63. The highest BCUT2D eigenvalue weighted by atomic mass is 15.3. The number of nitrogens with zero attached hydrogens (tertiary/aromatic N) is 2. The lowest BCUT2D eigenvalue weighted by Crippen LogP contribution is -2.46. The molecule has 112 valence electrons. The summed E-state index contributed by atoms with van der Waals surface area (Å²) in [4.78, 5) is 5.19. The first-order valence-electron chi connectivity index (χ1n) is 7.97. The summed E-state index contributed by atoms with van der Waals surface area (Å²) in [5.74, 6) is 0.793. The Morgan fingerprint density at radius 2 is 1.68 bits per heavy atom. The molecule has 0 radical (unpaired) electrons. The van der Waals surface area contributed by atoms with Crippen LogP contribution in [0.3, 0.4) is 0 Å². The maximum atomic E-state index is 4.40. The van der Waals surface area contributed by atoms with Crippen LogP contribution < -0.4 is 0 Å². The van der Waals surface area contributed by atoms with E-state index in [1.807, 2.05) is 0 Å². The molecule has 0 atom stereocenters. The minimum absolute atomic E-state index is 0. The van der Waals surface area contributed by atoms with Crippen molar-refractivity contribution in [3.63, 3.8) is 0 Å². The number of unbranched alkanes of at least 4 members (excludes halogenated alkanes) is 1. The molecule has 2 rings (SSSR count). The Morgan fingerprint density at radius 1 is 1.05 bits per heavy atom. The van der Waals surface area contributed by atoms with Crippen LogP contribution in [0.4, 0.5) is 0 Å². The maximum Gasteiger partial charge on any atom is 0.0303 e. The van der Waals surface area contributed by atoms with Crippen molar-refractivity contribution in [2.75, 3.05) is 32.7 Å². The van der Waals surface area contributed by atoms with Gasteiger partial charge in [-0.15, -0.1) is 0 Å². The standard InChI is InChI=1S/C16H30N2.CH4/c1-3-4-10-17-11-13-18(14-12-17)15(2)16-8-6-5-7-9-16;/h16H,2-14H2,1H3;1H4. The third-order valence-corrected chi connectivity index (χ3v) is 4.68. The summed E-state index contributed by atoms with van der Waals surface area (Å²) in [7, 11) is 0. The summed E-state index contributed by atoms with van der Waals surface area (Å²) in [6.45, 7) is 12.9. The normalized spacial score (nSPS) is 22.1. The molecule has 1 saturated heterocycles. The monoisotopic (exact) mass is 266 g/mol. The van der Waals surface area contributed by atoms with Gasteiger partial charge in [0.25, 0.3) is 0 Å². The average molecular weight is 266 g/mol. The van der Waals surface area contributed by atoms with Gasteiger partial charge in [0.2, 0.25) is 0 Å². The van der Waals surface area contributed by atoms with Crippen LogP contribution in [-0.4, -0.2) is 42.5 Å². The van der Waals surface area contributed by atoms with Gasteiger partial charge >= 0.3 is 0 Å². The Labute approximate surface area is 120 Å². The Balaban J connectivity index is 0.00000180. The van der Waals surface area contributed by atoms with Crippen LogP contribution in [-0.2, 0) is 0 Å². The van der Waals surface area contributed by atoms with Gasteiger partial charge in [0.1, 0.15) is 0 Å². The molecule has 1 aliphatic carbocycles. The van der Waals surface area contributed by atoms with E-state index >= 15 is 0 Å². The number of hydrogen-bond donors (Lipinski definition) is 0. The van der Waals surface area contributed by atoms with E-state index < -0.39 is 0 Å². The van der Waals surface area contributed by atoms with Crippen molar-refractivity contribution in [2.24, 2.45) is 5.92 Å². The molecule has 0 unspecified atom stereocenters. The lowest BCUT2D eigenvalue weighted by molar-refractivity contribution is 0.142. The van der Waals surface area contributed by atoms with E-state index in [1.54, 1.807) is 0 Å². The predicted octanol–water partition coefficient (Wildman–Crippen LogP) is 4.13. The zero-order valence-electron chi connectivity index (χ0n) is 12.2. The summed E-state index contributed by atoms with van der Waals surface area (Å²) in [5, 5.41) is 0. The first kappa shape index (κ1) is 16.6. The molecule has 0 aromatic carbocycles. The van der Waals surface area contributed by atoms with Gasteiger partial charge in [0, 0.05) is 31.9 Å². The van der Waals surface area contributed by atoms with Crippen molar-refractivity contribution in [1.29, 1.82) is 0 Å². The molecule has 1 aliphatic heterocycles. The van der Waals surface area contributed by atoms with Gasteiger partial charge in [-0.2, -0.15) is 0 Å². The molecule has 0 bridgehead atoms. The van der Waals surface area contributed by atoms with Crippen molar-refractivity contribution in [3.8, 4) is 0 Å². The largest absolute Gasteiger partial charge is 0.373 e. The number of piperazine rings is 1. The fourth-order valence-electron chi connectivity index (χ4n) is 3.33. The highest BCUT2D eigenvalue weighted by Crippen LogP contribution is 2.30. The summed E-state index contributed by atoms with van der Waals surface area (Å²) < 4.78 is 0. The molecule has 2 nitrogen and oxygen atoms in total. The van der Waals surface area contributed by atoms with Crippen molar-refractivity contribution in [3.05, 3.63) is 12.3 Å². The molecule has 2 heteroatoms. The van der Waals surface area contributed by atoms with E-state index in [1.165, 1.54) is 83.4 Å². The van der Waals surface area contributed by atoms with E-state index in [2.05, 4.69) is 23.3 Å². The minimum atomic E-state index is 0. The third kappa shape index (κ3) is 4.83. The number of allylic oxidation sites excluding steroid dienone is 1. The van der Waals surface area contributed by atoms with Gasteiger partial charge in [-0.1, -0.05) is 46.6 Å². The molecule has 0 amide bonds. The number of rotatable bonds is 5. The zero-order valence-corrected chi connectivity index (χ0v) is 12.2. The summed E-state index contributed by atoms with van der Waals surface area (Å²) in [6.07, 6.45) is 9.71. The fourth-order valence-corrected chi connectivity index (χ4v) is 3.33. The SMILES string of the molecule is C.C=C(C1CCCCC1)N1CCN(CCCC)CC1. The van der Waals surface area contributed by atoms with Gasteiger partial charge in [0.15, 0.2) is 0 Å². The fraction of sp³-hybridized carbons (Fsp3) is 0.882. The highest BCUT2D eigenvalue weighted by Gasteiger charge is 2.23. The van der Waals surface area contributed by atoms with Crippen molar-refractivity contribution in [1.82, 2.24) is 9.80 Å². The average Bonchev–Trinajstić information content (AvgIpc) is 2.46. The summed E-state index contributed by atoms with van der Waals surface area (Å²) in [6, 6.07) is 0. The summed E-state index contributed by atoms with van der Waals surface area (Å²) in [5.41, 5.74) is 1.45. The van der Waals surface area contributed by atoms with Crippen LogP contribution in [0.25, 0.3) is 0 Å². The lowest BCUT2D eigenvalue weighted by Gasteiger charge is -2.40. The van der Waals surface area contributed by atoms with E-state index in [-0.39, 0.29) is 7.43 Å². The zero-order chi connectivity index (χ0) is 12.8. The van der Waals surface area contributed by atoms with Gasteiger partial charge in [-0.25, -0.2) is 0 Å². The quantitative estimate of drug-likeness (QED) is 0.738. The van der Waals surface area contributed by atoms with E-state index in [0.717, 1.165) is 5.92 Å². The maximum absolute atomic E-state index is 4.40. The molecule has 0 spiro atoms. The highest BCUT2D eigenvalue weighted by molar-refractivity contribution is 5.02. The molecule has 0 N–H and O–H groups in total. The molecular formula is C17H34N2. The van der Waals surface area contributed by atoms with Crippen molar-refractivity contribution >= 4 is 0 Å². The van der Waals surface area contributed by atoms with Crippen LogP contribution in [0.5, 0.6) is 0 Å². The van der Waals surface area contributed by atoms with Crippen molar-refractivity contribution in [2.45, 2.75) is 59.3 Å². The second-order valence-corrected chi connectivity index (χ2v) is 6.01. The van der Waals surface area contributed by atoms with Crippen LogP contribution >= 0.6 is 0 Å². The lowest BCUT2D eigenvalue weighted by atomic mass is 9.86. The van der Waals surface area contributed by atoms with Gasteiger partial charge < -0.3 is 4.90 Å². The topological polar surface area (TPSA) is 6.48 Å². The number of hydrogen-bond acceptors (Lipinski definition) is 2. The Kier molecular flexibility index (Phi) is 7.52. The first-order valence-corrected chi connectivity index (χ1v) is 7.97. The molecule has 19 heavy (non-hydrogen) atoms. The van der Waals surface area contributed by atoms with E-state index in [0.29, 0.717) is 0 Å².